The molecule has 6 heteroatoms. The van der Waals surface area contributed by atoms with E-state index in [-0.39, 0.29) is 5.92 Å². The molecule has 0 bridgehead atoms. The molecule has 0 amide bonds. The van der Waals surface area contributed by atoms with Crippen molar-refractivity contribution in [2.45, 2.75) is 38.2 Å². The number of carboxylic acid groups (broad SMARTS) is 1. The van der Waals surface area contributed by atoms with Gasteiger partial charge in [0.15, 0.2) is 0 Å². The van der Waals surface area contributed by atoms with Crippen LogP contribution in [0, 0.1) is 5.92 Å². The van der Waals surface area contributed by atoms with Crippen LogP contribution < -0.4 is 0 Å². The van der Waals surface area contributed by atoms with Crippen molar-refractivity contribution in [2.24, 2.45) is 13.0 Å². The third kappa shape index (κ3) is 3.42. The van der Waals surface area contributed by atoms with Gasteiger partial charge in [-0.3, -0.25) is 9.48 Å². The maximum absolute atomic E-state index is 11.1. The number of nitrogens with zero attached hydrogens (tertiary/aromatic N) is 2. The number of halogens is 1. The number of carbonyl (C=O) groups is 1. The number of rotatable bonds is 6. The predicted octanol–water partition coefficient (Wildman–Crippen LogP) is 2.98. The summed E-state index contributed by atoms with van der Waals surface area (Å²) in [6.07, 6.45) is 0.782. The van der Waals surface area contributed by atoms with E-state index in [0.717, 1.165) is 17.8 Å². The van der Waals surface area contributed by atoms with Crippen molar-refractivity contribution in [1.82, 2.24) is 9.78 Å². The van der Waals surface area contributed by atoms with Gasteiger partial charge in [-0.15, -0.1) is 11.8 Å². The summed E-state index contributed by atoms with van der Waals surface area (Å²) in [7, 11) is 1.84. The first-order chi connectivity index (χ1) is 8.38. The number of hydrogen-bond acceptors (Lipinski definition) is 3. The van der Waals surface area contributed by atoms with Crippen molar-refractivity contribution in [3.8, 4) is 0 Å². The molecule has 4 nitrogen and oxygen atoms in total. The zero-order chi connectivity index (χ0) is 13.9. The number of hydrogen-bond donors (Lipinski definition) is 1. The second kappa shape index (κ2) is 6.48. The normalized spacial score (nSPS) is 13.0. The molecule has 18 heavy (non-hydrogen) atoms. The number of thioether (sulfide) groups is 1. The first-order valence-corrected chi connectivity index (χ1v) is 7.35. The fraction of sp³-hybridized carbons (Fsp3) is 0.667. The van der Waals surface area contributed by atoms with Crippen LogP contribution >= 0.6 is 23.4 Å². The van der Waals surface area contributed by atoms with Crippen molar-refractivity contribution in [1.29, 1.82) is 0 Å². The minimum absolute atomic E-state index is 0.0881. The van der Waals surface area contributed by atoms with Crippen LogP contribution in [0.2, 0.25) is 5.02 Å². The van der Waals surface area contributed by atoms with E-state index < -0.39 is 11.2 Å². The maximum atomic E-state index is 11.1. The summed E-state index contributed by atoms with van der Waals surface area (Å²) >= 11 is 7.63. The Balaban J connectivity index is 2.79. The monoisotopic (exact) mass is 290 g/mol. The summed E-state index contributed by atoms with van der Waals surface area (Å²) in [5.41, 5.74) is 1.76. The van der Waals surface area contributed by atoms with Crippen LogP contribution in [0.3, 0.4) is 0 Å². The first-order valence-electron chi connectivity index (χ1n) is 5.93. The van der Waals surface area contributed by atoms with Crippen LogP contribution in [0.1, 0.15) is 32.2 Å². The van der Waals surface area contributed by atoms with Gasteiger partial charge in [0, 0.05) is 12.8 Å². The molecule has 0 aromatic carbocycles. The van der Waals surface area contributed by atoms with Crippen LogP contribution in [0.25, 0.3) is 0 Å². The number of aliphatic carboxylic acids is 1. The topological polar surface area (TPSA) is 55.1 Å². The Morgan fingerprint density at radius 3 is 2.56 bits per heavy atom. The summed E-state index contributed by atoms with van der Waals surface area (Å²) in [5, 5.41) is 13.7. The lowest BCUT2D eigenvalue weighted by atomic mass is 10.1. The van der Waals surface area contributed by atoms with Crippen molar-refractivity contribution >= 4 is 29.3 Å². The Morgan fingerprint density at radius 1 is 1.56 bits per heavy atom. The molecular weight excluding hydrogens is 272 g/mol. The molecular formula is C12H19ClN2O2S. The van der Waals surface area contributed by atoms with E-state index in [1.807, 2.05) is 27.8 Å². The summed E-state index contributed by atoms with van der Waals surface area (Å²) in [6, 6.07) is 0. The maximum Gasteiger partial charge on any atom is 0.316 e. The fourth-order valence-corrected chi connectivity index (χ4v) is 3.33. The molecule has 0 spiro atoms. The Hall–Kier alpha value is -0.680. The highest BCUT2D eigenvalue weighted by atomic mass is 35.5. The highest BCUT2D eigenvalue weighted by Crippen LogP contribution is 2.29. The highest BCUT2D eigenvalue weighted by Gasteiger charge is 2.23. The average molecular weight is 291 g/mol. The standard InChI is InChI=1S/C12H19ClN2O2S/c1-5-8-10(13)9(15(4)14-8)6-18-11(7(2)3)12(16)17/h7,11H,5-6H2,1-4H3,(H,16,17). The molecule has 0 aliphatic heterocycles. The van der Waals surface area contributed by atoms with Gasteiger partial charge in [-0.1, -0.05) is 32.4 Å². The third-order valence-electron chi connectivity index (χ3n) is 2.75. The largest absolute Gasteiger partial charge is 0.480 e. The van der Waals surface area contributed by atoms with E-state index in [4.69, 9.17) is 16.7 Å². The Labute approximate surface area is 117 Å². The molecule has 1 aromatic rings. The Kier molecular flexibility index (Phi) is 5.53. The van der Waals surface area contributed by atoms with Crippen molar-refractivity contribution in [3.63, 3.8) is 0 Å². The molecule has 102 valence electrons. The van der Waals surface area contributed by atoms with Gasteiger partial charge in [-0.2, -0.15) is 5.10 Å². The van der Waals surface area contributed by atoms with E-state index in [0.29, 0.717) is 10.8 Å². The average Bonchev–Trinajstić information content (AvgIpc) is 2.55. The third-order valence-corrected chi connectivity index (χ3v) is 4.73. The minimum atomic E-state index is -0.774. The molecule has 0 fully saturated rings. The molecule has 1 aromatic heterocycles. The molecule has 1 atom stereocenters. The summed E-state index contributed by atoms with van der Waals surface area (Å²) in [6.45, 7) is 5.82. The second-order valence-electron chi connectivity index (χ2n) is 4.50. The Bertz CT molecular complexity index is 432. The van der Waals surface area contributed by atoms with E-state index >= 15 is 0 Å². The lowest BCUT2D eigenvalue weighted by Crippen LogP contribution is -2.22. The second-order valence-corrected chi connectivity index (χ2v) is 6.01. The van der Waals surface area contributed by atoms with Gasteiger partial charge < -0.3 is 5.11 Å². The number of carboxylic acids is 1. The lowest BCUT2D eigenvalue weighted by Gasteiger charge is -2.15. The summed E-state index contributed by atoms with van der Waals surface area (Å²) in [5.74, 6) is -0.119. The molecule has 1 unspecified atom stereocenters. The van der Waals surface area contributed by atoms with Gasteiger partial charge in [-0.25, -0.2) is 0 Å². The molecule has 0 saturated carbocycles. The highest BCUT2D eigenvalue weighted by molar-refractivity contribution is 7.99. The van der Waals surface area contributed by atoms with Crippen molar-refractivity contribution < 1.29 is 9.90 Å². The van der Waals surface area contributed by atoms with Crippen LogP contribution in [0.5, 0.6) is 0 Å². The molecule has 1 heterocycles. The zero-order valence-corrected chi connectivity index (χ0v) is 12.7. The summed E-state index contributed by atoms with van der Waals surface area (Å²) < 4.78 is 1.74. The SMILES string of the molecule is CCc1nn(C)c(CSC(C(=O)O)C(C)C)c1Cl. The van der Waals surface area contributed by atoms with Crippen LogP contribution in [-0.2, 0) is 24.0 Å². The molecule has 0 saturated heterocycles. The van der Waals surface area contributed by atoms with Crippen molar-refractivity contribution in [3.05, 3.63) is 16.4 Å². The van der Waals surface area contributed by atoms with E-state index in [1.165, 1.54) is 11.8 Å². The van der Waals surface area contributed by atoms with Crippen LogP contribution in [-0.4, -0.2) is 26.1 Å². The van der Waals surface area contributed by atoms with Gasteiger partial charge in [-0.05, 0) is 12.3 Å². The molecule has 0 aliphatic rings. The summed E-state index contributed by atoms with van der Waals surface area (Å²) in [4.78, 5) is 11.1. The van der Waals surface area contributed by atoms with E-state index in [9.17, 15) is 4.79 Å². The predicted molar refractivity (Wildman–Crippen MR) is 75.2 cm³/mol. The van der Waals surface area contributed by atoms with E-state index in [1.54, 1.807) is 4.68 Å². The minimum Gasteiger partial charge on any atom is -0.480 e. The Morgan fingerprint density at radius 2 is 2.17 bits per heavy atom. The van der Waals surface area contributed by atoms with Crippen LogP contribution in [0.4, 0.5) is 0 Å². The van der Waals surface area contributed by atoms with E-state index in [2.05, 4.69) is 5.10 Å². The van der Waals surface area contributed by atoms with Gasteiger partial charge in [0.25, 0.3) is 0 Å². The van der Waals surface area contributed by atoms with Crippen LogP contribution in [0.15, 0.2) is 0 Å². The molecule has 1 rings (SSSR count). The smallest absolute Gasteiger partial charge is 0.316 e. The first kappa shape index (κ1) is 15.4. The molecule has 1 N–H and O–H groups in total. The van der Waals surface area contributed by atoms with Crippen molar-refractivity contribution in [2.75, 3.05) is 0 Å². The quantitative estimate of drug-likeness (QED) is 0.875. The lowest BCUT2D eigenvalue weighted by molar-refractivity contribution is -0.137. The number of aryl methyl sites for hydroxylation is 2. The molecule has 0 aliphatic carbocycles. The number of aromatic nitrogens is 2. The van der Waals surface area contributed by atoms with Gasteiger partial charge in [0.2, 0.25) is 0 Å². The van der Waals surface area contributed by atoms with Gasteiger partial charge in [0.05, 0.1) is 16.4 Å². The fourth-order valence-electron chi connectivity index (χ4n) is 1.69. The molecule has 0 radical (unpaired) electrons. The zero-order valence-electron chi connectivity index (χ0n) is 11.1. The van der Waals surface area contributed by atoms with Gasteiger partial charge in [0.1, 0.15) is 5.25 Å². The van der Waals surface area contributed by atoms with Gasteiger partial charge >= 0.3 is 5.97 Å².